The lowest BCUT2D eigenvalue weighted by atomic mass is 9.96. The molecule has 0 radical (unpaired) electrons. The molecule has 174 valence electrons. The molecule has 1 aromatic carbocycles. The maximum atomic E-state index is 12.4. The first kappa shape index (κ1) is 23.7. The summed E-state index contributed by atoms with van der Waals surface area (Å²) in [6.07, 6.45) is -0.874. The number of amides is 1. The van der Waals surface area contributed by atoms with Crippen LogP contribution in [0.15, 0.2) is 23.1 Å². The molecule has 2 aliphatic rings. The summed E-state index contributed by atoms with van der Waals surface area (Å²) in [4.78, 5) is 13.2. The van der Waals surface area contributed by atoms with Gasteiger partial charge in [0.1, 0.15) is 29.8 Å². The van der Waals surface area contributed by atoms with Gasteiger partial charge >= 0.3 is 0 Å². The maximum Gasteiger partial charge on any atom is 0.273 e. The Kier molecular flexibility index (Phi) is 7.30. The van der Waals surface area contributed by atoms with Crippen molar-refractivity contribution in [3.05, 3.63) is 39.6 Å². The van der Waals surface area contributed by atoms with Gasteiger partial charge in [-0.2, -0.15) is 0 Å². The number of carbonyl (C=O) groups excluding carboxylic acids is 1. The molecule has 9 nitrogen and oxygen atoms in total. The molecular formula is C20H24Cl2N4O5S. The van der Waals surface area contributed by atoms with Gasteiger partial charge in [0.25, 0.3) is 5.91 Å². The van der Waals surface area contributed by atoms with Crippen LogP contribution in [0.1, 0.15) is 41.0 Å². The van der Waals surface area contributed by atoms with Gasteiger partial charge < -0.3 is 25.0 Å². The summed E-state index contributed by atoms with van der Waals surface area (Å²) < 4.78 is 13.3. The number of rotatable bonds is 7. The molecule has 1 saturated carbocycles. The van der Waals surface area contributed by atoms with E-state index in [1.807, 2.05) is 0 Å². The number of halogens is 2. The molecule has 0 unspecified atom stereocenters. The Balaban J connectivity index is 1.72. The van der Waals surface area contributed by atoms with Crippen molar-refractivity contribution in [2.45, 2.75) is 53.4 Å². The maximum absolute atomic E-state index is 12.4. The number of benzene rings is 1. The van der Waals surface area contributed by atoms with Crippen molar-refractivity contribution in [2.24, 2.45) is 0 Å². The lowest BCUT2D eigenvalue weighted by Crippen LogP contribution is -2.56. The van der Waals surface area contributed by atoms with Gasteiger partial charge in [-0.3, -0.25) is 4.79 Å². The fraction of sp³-hybridized carbons (Fsp3) is 0.550. The Morgan fingerprint density at radius 1 is 1.38 bits per heavy atom. The highest BCUT2D eigenvalue weighted by Gasteiger charge is 2.49. The fourth-order valence-corrected chi connectivity index (χ4v) is 5.48. The largest absolute Gasteiger partial charge is 0.394 e. The number of hydrogen-bond donors (Lipinski definition) is 3. The standard InChI is InChI=1S/C20H24Cl2N4O5S/c1-23-19(29)14-15(9-3-4-9)26(25-24-14)16-17(28)13(8-27)31-20(18(16)30-2)32-10-5-6-11(21)12(22)7-10/h5-7,9,13,16-18,20,27-28H,3-4,8H2,1-2H3,(H,23,29)/t13-,16+,17+,18-,20-/m1/s1. The summed E-state index contributed by atoms with van der Waals surface area (Å²) in [5.74, 6) is -0.215. The van der Waals surface area contributed by atoms with E-state index in [1.165, 1.54) is 25.9 Å². The fourth-order valence-electron chi connectivity index (χ4n) is 3.91. The number of ether oxygens (including phenoxy) is 2. The molecule has 32 heavy (non-hydrogen) atoms. The van der Waals surface area contributed by atoms with E-state index in [-0.39, 0.29) is 17.5 Å². The van der Waals surface area contributed by atoms with Gasteiger partial charge in [0, 0.05) is 25.0 Å². The third-order valence-electron chi connectivity index (χ3n) is 5.66. The molecular weight excluding hydrogens is 479 g/mol. The lowest BCUT2D eigenvalue weighted by molar-refractivity contribution is -0.186. The number of aliphatic hydroxyl groups is 2. The number of nitrogens with zero attached hydrogens (tertiary/aromatic N) is 3. The summed E-state index contributed by atoms with van der Waals surface area (Å²) in [5.41, 5.74) is 0.285. The predicted octanol–water partition coefficient (Wildman–Crippen LogP) is 2.25. The van der Waals surface area contributed by atoms with Crippen LogP contribution >= 0.6 is 35.0 Å². The molecule has 5 atom stereocenters. The van der Waals surface area contributed by atoms with Crippen LogP contribution in [0.5, 0.6) is 0 Å². The lowest BCUT2D eigenvalue weighted by Gasteiger charge is -2.43. The van der Waals surface area contributed by atoms with Crippen LogP contribution in [-0.2, 0) is 9.47 Å². The highest BCUT2D eigenvalue weighted by Crippen LogP contribution is 2.45. The Labute approximate surface area is 199 Å². The van der Waals surface area contributed by atoms with Crippen molar-refractivity contribution < 1.29 is 24.5 Å². The van der Waals surface area contributed by atoms with Crippen molar-refractivity contribution in [1.82, 2.24) is 20.3 Å². The van der Waals surface area contributed by atoms with Crippen molar-refractivity contribution in [2.75, 3.05) is 20.8 Å². The molecule has 1 aromatic heterocycles. The second-order valence-electron chi connectivity index (χ2n) is 7.72. The van der Waals surface area contributed by atoms with Gasteiger partial charge in [-0.1, -0.05) is 40.2 Å². The monoisotopic (exact) mass is 502 g/mol. The van der Waals surface area contributed by atoms with E-state index in [0.29, 0.717) is 15.7 Å². The van der Waals surface area contributed by atoms with E-state index in [0.717, 1.165) is 17.7 Å². The molecule has 0 bridgehead atoms. The van der Waals surface area contributed by atoms with Crippen LogP contribution in [0.25, 0.3) is 0 Å². The molecule has 0 spiro atoms. The zero-order valence-corrected chi connectivity index (χ0v) is 19.8. The number of thioether (sulfide) groups is 1. The zero-order chi connectivity index (χ0) is 23.0. The summed E-state index contributed by atoms with van der Waals surface area (Å²) in [7, 11) is 3.05. The Hall–Kier alpha value is -1.40. The van der Waals surface area contributed by atoms with E-state index in [4.69, 9.17) is 32.7 Å². The van der Waals surface area contributed by atoms with Crippen LogP contribution in [0.2, 0.25) is 10.0 Å². The average molecular weight is 503 g/mol. The Morgan fingerprint density at radius 2 is 2.12 bits per heavy atom. The summed E-state index contributed by atoms with van der Waals surface area (Å²) in [5, 5.41) is 32.7. The van der Waals surface area contributed by atoms with Gasteiger partial charge in [0.2, 0.25) is 0 Å². The van der Waals surface area contributed by atoms with E-state index in [9.17, 15) is 15.0 Å². The van der Waals surface area contributed by atoms with Gasteiger partial charge in [-0.15, -0.1) is 5.10 Å². The van der Waals surface area contributed by atoms with Crippen LogP contribution in [-0.4, -0.2) is 75.6 Å². The minimum absolute atomic E-state index is 0.124. The molecule has 2 fully saturated rings. The molecule has 1 aliphatic carbocycles. The Bertz CT molecular complexity index is 989. The van der Waals surface area contributed by atoms with Gasteiger partial charge in [0.15, 0.2) is 5.69 Å². The zero-order valence-electron chi connectivity index (χ0n) is 17.4. The second kappa shape index (κ2) is 9.84. The first-order valence-corrected chi connectivity index (χ1v) is 11.8. The number of aliphatic hydroxyl groups excluding tert-OH is 2. The molecule has 2 aromatic rings. The van der Waals surface area contributed by atoms with Crippen LogP contribution < -0.4 is 5.32 Å². The normalized spacial score (nSPS) is 28.0. The van der Waals surface area contributed by atoms with E-state index in [2.05, 4.69) is 15.6 Å². The number of hydrogen-bond acceptors (Lipinski definition) is 8. The van der Waals surface area contributed by atoms with E-state index in [1.54, 1.807) is 22.9 Å². The summed E-state index contributed by atoms with van der Waals surface area (Å²) in [6.45, 7) is -0.400. The highest BCUT2D eigenvalue weighted by atomic mass is 35.5. The topological polar surface area (TPSA) is 119 Å². The molecule has 3 N–H and O–H groups in total. The van der Waals surface area contributed by atoms with Crippen molar-refractivity contribution in [3.8, 4) is 0 Å². The minimum atomic E-state index is -1.13. The molecule has 12 heteroatoms. The smallest absolute Gasteiger partial charge is 0.273 e. The molecule has 4 rings (SSSR count). The van der Waals surface area contributed by atoms with Crippen molar-refractivity contribution >= 4 is 40.9 Å². The molecule has 1 amide bonds. The van der Waals surface area contributed by atoms with Crippen LogP contribution in [0.4, 0.5) is 0 Å². The van der Waals surface area contributed by atoms with Crippen molar-refractivity contribution in [1.29, 1.82) is 0 Å². The molecule has 1 saturated heterocycles. The van der Waals surface area contributed by atoms with Crippen molar-refractivity contribution in [3.63, 3.8) is 0 Å². The highest BCUT2D eigenvalue weighted by molar-refractivity contribution is 7.99. The van der Waals surface area contributed by atoms with Gasteiger partial charge in [-0.25, -0.2) is 4.68 Å². The summed E-state index contributed by atoms with van der Waals surface area (Å²) >= 11 is 13.5. The third kappa shape index (κ3) is 4.50. The van der Waals surface area contributed by atoms with Crippen LogP contribution in [0.3, 0.4) is 0 Å². The number of carbonyl (C=O) groups is 1. The number of nitrogens with one attached hydrogen (secondary N) is 1. The molecule has 2 heterocycles. The van der Waals surface area contributed by atoms with Gasteiger partial charge in [0.05, 0.1) is 22.3 Å². The Morgan fingerprint density at radius 3 is 2.72 bits per heavy atom. The quantitative estimate of drug-likeness (QED) is 0.527. The third-order valence-corrected chi connectivity index (χ3v) is 7.54. The van der Waals surface area contributed by atoms with E-state index < -0.39 is 36.4 Å². The predicted molar refractivity (Wildman–Crippen MR) is 119 cm³/mol. The molecule has 1 aliphatic heterocycles. The van der Waals surface area contributed by atoms with Gasteiger partial charge in [-0.05, 0) is 31.0 Å². The summed E-state index contributed by atoms with van der Waals surface area (Å²) in [6, 6.07) is 4.48. The second-order valence-corrected chi connectivity index (χ2v) is 9.71. The first-order chi connectivity index (χ1) is 15.4. The van der Waals surface area contributed by atoms with Crippen LogP contribution in [0, 0.1) is 0 Å². The van der Waals surface area contributed by atoms with E-state index >= 15 is 0 Å². The average Bonchev–Trinajstić information content (AvgIpc) is 3.54. The number of methoxy groups -OCH3 is 1. The SMILES string of the molecule is CNC(=O)c1nnn([C@H]2[C@@H](O)[C@@H](CO)O[C@H](Sc3ccc(Cl)c(Cl)c3)[C@@H]2OC)c1C1CC1. The first-order valence-electron chi connectivity index (χ1n) is 10.2. The minimum Gasteiger partial charge on any atom is -0.394 e. The number of aromatic nitrogens is 3.